The normalized spacial score (nSPS) is 13.8. The molecule has 0 saturated carbocycles. The highest BCUT2D eigenvalue weighted by molar-refractivity contribution is 8.01. The second-order valence-corrected chi connectivity index (χ2v) is 8.40. The summed E-state index contributed by atoms with van der Waals surface area (Å²) in [7, 11) is -1.17. The fraction of sp³-hybridized carbons (Fsp3) is 0.0833. The second kappa shape index (κ2) is 5.63. The SMILES string of the molecule is Bc1cccc(S(=N)(=O)c2cc(C(=N)N)sc2SC)c1. The van der Waals surface area contributed by atoms with Crippen molar-refractivity contribution in [1.82, 2.24) is 0 Å². The van der Waals surface area contributed by atoms with E-state index in [9.17, 15) is 4.21 Å². The molecule has 4 N–H and O–H groups in total. The van der Waals surface area contributed by atoms with Gasteiger partial charge in [0.2, 0.25) is 0 Å². The molecule has 0 aliphatic carbocycles. The van der Waals surface area contributed by atoms with Gasteiger partial charge in [0.05, 0.1) is 18.9 Å². The molecule has 0 radical (unpaired) electrons. The van der Waals surface area contributed by atoms with Crippen LogP contribution in [0.15, 0.2) is 44.3 Å². The Labute approximate surface area is 127 Å². The third-order valence-corrected chi connectivity index (χ3v) is 7.17. The molecule has 2 aromatic rings. The lowest BCUT2D eigenvalue weighted by molar-refractivity contribution is 0.674. The van der Waals surface area contributed by atoms with E-state index in [1.54, 1.807) is 24.3 Å². The van der Waals surface area contributed by atoms with Gasteiger partial charge in [-0.15, -0.1) is 23.1 Å². The number of nitrogen functional groups attached to an aromatic ring is 1. The number of thioether (sulfide) groups is 1. The average Bonchev–Trinajstić information content (AvgIpc) is 2.83. The molecule has 1 heterocycles. The van der Waals surface area contributed by atoms with E-state index in [0.717, 1.165) is 9.67 Å². The Morgan fingerprint density at radius 2 is 2.15 bits per heavy atom. The first-order valence-electron chi connectivity index (χ1n) is 5.74. The molecule has 1 atom stereocenters. The highest BCUT2D eigenvalue weighted by Gasteiger charge is 2.21. The molecule has 2 rings (SSSR count). The van der Waals surface area contributed by atoms with E-state index in [2.05, 4.69) is 0 Å². The van der Waals surface area contributed by atoms with E-state index >= 15 is 0 Å². The number of thiophene rings is 1. The smallest absolute Gasteiger partial charge is 0.139 e. The minimum absolute atomic E-state index is 0.0593. The first-order chi connectivity index (χ1) is 9.36. The molecule has 20 heavy (non-hydrogen) atoms. The first-order valence-corrected chi connectivity index (χ1v) is 9.34. The zero-order valence-corrected chi connectivity index (χ0v) is 13.5. The fourth-order valence-electron chi connectivity index (χ4n) is 1.75. The van der Waals surface area contributed by atoms with Gasteiger partial charge in [-0.1, -0.05) is 23.7 Å². The number of hydrogen-bond donors (Lipinski definition) is 3. The van der Waals surface area contributed by atoms with Crippen molar-refractivity contribution >= 4 is 52.0 Å². The van der Waals surface area contributed by atoms with Crippen molar-refractivity contribution in [3.8, 4) is 0 Å². The molecule has 1 aromatic heterocycles. The summed E-state index contributed by atoms with van der Waals surface area (Å²) in [6.45, 7) is 0. The Bertz CT molecular complexity index is 768. The van der Waals surface area contributed by atoms with Crippen molar-refractivity contribution in [3.63, 3.8) is 0 Å². The Morgan fingerprint density at radius 1 is 1.45 bits per heavy atom. The van der Waals surface area contributed by atoms with Gasteiger partial charge in [0, 0.05) is 0 Å². The standard InChI is InChI=1S/C12H14BN3OS3/c1-18-12-10(6-9(19-12)11(14)15)20(16,17)8-4-2-3-7(13)5-8/h2-6,16H,13H2,1H3,(H3,14,15). The summed E-state index contributed by atoms with van der Waals surface area (Å²) < 4.78 is 22.0. The van der Waals surface area contributed by atoms with Crippen molar-refractivity contribution in [1.29, 1.82) is 10.2 Å². The minimum atomic E-state index is -3.08. The Hall–Kier alpha value is -1.25. The van der Waals surface area contributed by atoms with Crippen LogP contribution in [-0.2, 0) is 9.73 Å². The molecular formula is C12H14BN3OS3. The minimum Gasteiger partial charge on any atom is -0.383 e. The summed E-state index contributed by atoms with van der Waals surface area (Å²) in [6, 6.07) is 8.79. The lowest BCUT2D eigenvalue weighted by Gasteiger charge is -2.08. The molecule has 0 aliphatic heterocycles. The van der Waals surface area contributed by atoms with Gasteiger partial charge in [-0.25, -0.2) is 8.99 Å². The van der Waals surface area contributed by atoms with Crippen LogP contribution in [0.2, 0.25) is 0 Å². The zero-order chi connectivity index (χ0) is 14.9. The molecule has 0 amide bonds. The lowest BCUT2D eigenvalue weighted by atomic mass is 9.97. The monoisotopic (exact) mass is 323 g/mol. The molecule has 8 heteroatoms. The van der Waals surface area contributed by atoms with Crippen molar-refractivity contribution in [3.05, 3.63) is 35.2 Å². The molecule has 104 valence electrons. The summed E-state index contributed by atoms with van der Waals surface area (Å²) in [5.74, 6) is -0.0593. The maximum absolute atomic E-state index is 12.9. The summed E-state index contributed by atoms with van der Waals surface area (Å²) in [5, 5.41) is 7.49. The summed E-state index contributed by atoms with van der Waals surface area (Å²) >= 11 is 2.73. The zero-order valence-electron chi connectivity index (χ0n) is 11.1. The van der Waals surface area contributed by atoms with E-state index in [1.165, 1.54) is 23.1 Å². The van der Waals surface area contributed by atoms with Crippen LogP contribution in [0.1, 0.15) is 4.88 Å². The fourth-order valence-corrected chi connectivity index (χ4v) is 5.81. The van der Waals surface area contributed by atoms with Gasteiger partial charge in [0.1, 0.15) is 23.4 Å². The van der Waals surface area contributed by atoms with Crippen molar-refractivity contribution < 1.29 is 4.21 Å². The topological polar surface area (TPSA) is 90.8 Å². The number of rotatable bonds is 4. The summed E-state index contributed by atoms with van der Waals surface area (Å²) in [4.78, 5) is 1.49. The highest BCUT2D eigenvalue weighted by Crippen LogP contribution is 2.36. The maximum Gasteiger partial charge on any atom is 0.139 e. The number of benzene rings is 1. The number of hydrogen-bond acceptors (Lipinski definition) is 5. The summed E-state index contributed by atoms with van der Waals surface area (Å²) in [6.07, 6.45) is 1.87. The van der Waals surface area contributed by atoms with Crippen molar-refractivity contribution in [2.45, 2.75) is 14.0 Å². The van der Waals surface area contributed by atoms with Crippen LogP contribution in [-0.4, -0.2) is 24.1 Å². The van der Waals surface area contributed by atoms with Gasteiger partial charge >= 0.3 is 0 Å². The lowest BCUT2D eigenvalue weighted by Crippen LogP contribution is -2.09. The molecule has 0 saturated heterocycles. The molecular weight excluding hydrogens is 309 g/mol. The van der Waals surface area contributed by atoms with Crippen LogP contribution in [0.3, 0.4) is 0 Å². The molecule has 0 bridgehead atoms. The van der Waals surface area contributed by atoms with E-state index < -0.39 is 9.73 Å². The maximum atomic E-state index is 12.9. The molecule has 1 unspecified atom stereocenters. The summed E-state index contributed by atoms with van der Waals surface area (Å²) in [5.41, 5.74) is 6.45. The van der Waals surface area contributed by atoms with E-state index in [4.69, 9.17) is 15.9 Å². The van der Waals surface area contributed by atoms with Crippen LogP contribution < -0.4 is 11.2 Å². The highest BCUT2D eigenvalue weighted by atomic mass is 32.2. The van der Waals surface area contributed by atoms with Gasteiger partial charge in [-0.3, -0.25) is 5.41 Å². The first kappa shape index (κ1) is 15.1. The number of nitrogens with one attached hydrogen (secondary N) is 2. The van der Waals surface area contributed by atoms with Crippen LogP contribution in [0.5, 0.6) is 0 Å². The number of amidine groups is 1. The molecule has 0 spiro atoms. The van der Waals surface area contributed by atoms with Gasteiger partial charge in [-0.05, 0) is 18.4 Å². The van der Waals surface area contributed by atoms with Crippen molar-refractivity contribution in [2.24, 2.45) is 5.73 Å². The molecule has 0 fully saturated rings. The van der Waals surface area contributed by atoms with Crippen LogP contribution in [0.25, 0.3) is 0 Å². The molecule has 1 aromatic carbocycles. The van der Waals surface area contributed by atoms with Crippen LogP contribution in [0.4, 0.5) is 0 Å². The Balaban J connectivity index is 2.63. The largest absolute Gasteiger partial charge is 0.383 e. The Kier molecular flexibility index (Phi) is 4.26. The number of nitrogens with two attached hydrogens (primary N) is 1. The van der Waals surface area contributed by atoms with Gasteiger partial charge < -0.3 is 5.73 Å². The second-order valence-electron chi connectivity index (χ2n) is 4.25. The quantitative estimate of drug-likeness (QED) is 0.344. The van der Waals surface area contributed by atoms with Crippen molar-refractivity contribution in [2.75, 3.05) is 6.26 Å². The predicted molar refractivity (Wildman–Crippen MR) is 89.1 cm³/mol. The third kappa shape index (κ3) is 2.77. The molecule has 0 aliphatic rings. The van der Waals surface area contributed by atoms with E-state index in [-0.39, 0.29) is 5.84 Å². The Morgan fingerprint density at radius 3 is 2.70 bits per heavy atom. The van der Waals surface area contributed by atoms with Gasteiger partial charge in [0.25, 0.3) is 0 Å². The van der Waals surface area contributed by atoms with Gasteiger partial charge in [0.15, 0.2) is 0 Å². The average molecular weight is 323 g/mol. The van der Waals surface area contributed by atoms with Gasteiger partial charge in [-0.2, -0.15) is 0 Å². The van der Waals surface area contributed by atoms with E-state index in [0.29, 0.717) is 14.7 Å². The van der Waals surface area contributed by atoms with Crippen LogP contribution >= 0.6 is 23.1 Å². The van der Waals surface area contributed by atoms with E-state index in [1.807, 2.05) is 20.2 Å². The third-order valence-electron chi connectivity index (χ3n) is 2.75. The van der Waals surface area contributed by atoms with Crippen LogP contribution in [0, 0.1) is 10.2 Å². The predicted octanol–water partition coefficient (Wildman–Crippen LogP) is 1.48. The molecule has 4 nitrogen and oxygen atoms in total.